The Bertz CT molecular complexity index is 1480. The lowest BCUT2D eigenvalue weighted by Gasteiger charge is -2.27. The molecule has 0 unspecified atom stereocenters. The molecule has 2 heterocycles. The van der Waals surface area contributed by atoms with Crippen LogP contribution in [-0.4, -0.2) is 42.1 Å². The fraction of sp³-hybridized carbons (Fsp3) is 0.138. The van der Waals surface area contributed by atoms with Crippen LogP contribution in [0.25, 0.3) is 11.8 Å². The lowest BCUT2D eigenvalue weighted by atomic mass is 10.1. The highest BCUT2D eigenvalue weighted by molar-refractivity contribution is 8.17. The van der Waals surface area contributed by atoms with E-state index in [0.29, 0.717) is 33.9 Å². The number of nitrogens with zero attached hydrogens (tertiary/aromatic N) is 2. The number of amides is 1. The topological polar surface area (TPSA) is 84.2 Å². The van der Waals surface area contributed by atoms with Gasteiger partial charge >= 0.3 is 0 Å². The second-order valence-corrected chi connectivity index (χ2v) is 9.72. The summed E-state index contributed by atoms with van der Waals surface area (Å²) in [6, 6.07) is 20.8. The maximum absolute atomic E-state index is 12.8. The average molecular weight is 546 g/mol. The zero-order valence-corrected chi connectivity index (χ0v) is 22.3. The third-order valence-corrected chi connectivity index (χ3v) is 6.97. The van der Waals surface area contributed by atoms with E-state index in [0.717, 1.165) is 22.6 Å². The van der Waals surface area contributed by atoms with Crippen molar-refractivity contribution in [3.63, 3.8) is 0 Å². The lowest BCUT2D eigenvalue weighted by molar-refractivity contribution is -0.114. The van der Waals surface area contributed by atoms with Crippen LogP contribution in [0.5, 0.6) is 17.2 Å². The van der Waals surface area contributed by atoms with Crippen molar-refractivity contribution in [2.75, 3.05) is 20.3 Å². The summed E-state index contributed by atoms with van der Waals surface area (Å²) < 4.78 is 17.1. The molecule has 5 rings (SSSR count). The number of nitrogens with one attached hydrogen (secondary N) is 1. The maximum atomic E-state index is 12.8. The van der Waals surface area contributed by atoms with E-state index >= 15 is 0 Å². The molecular formula is C29H24ClN3O4S. The quantitative estimate of drug-likeness (QED) is 0.260. The Morgan fingerprint density at radius 3 is 2.53 bits per heavy atom. The second-order valence-electron chi connectivity index (χ2n) is 8.47. The highest BCUT2D eigenvalue weighted by atomic mass is 35.5. The molecule has 0 aromatic heterocycles. The van der Waals surface area contributed by atoms with Gasteiger partial charge in [-0.1, -0.05) is 71.4 Å². The van der Waals surface area contributed by atoms with Gasteiger partial charge in [0.2, 0.25) is 0 Å². The summed E-state index contributed by atoms with van der Waals surface area (Å²) in [6.45, 7) is 2.60. The molecule has 38 heavy (non-hydrogen) atoms. The predicted molar refractivity (Wildman–Crippen MR) is 152 cm³/mol. The Hall–Kier alpha value is -4.01. The fourth-order valence-electron chi connectivity index (χ4n) is 3.98. The lowest BCUT2D eigenvalue weighted by Crippen LogP contribution is -2.38. The molecule has 192 valence electrons. The van der Waals surface area contributed by atoms with E-state index in [1.54, 1.807) is 23.1 Å². The van der Waals surface area contributed by atoms with E-state index in [-0.39, 0.29) is 18.0 Å². The SMILES string of the molecule is COc1cc(C=C2C(=N)N3C(c4ccccc4)=CSC3=NC2=O)cc(Cl)c1OCCOc1ccc(C)cc1. The summed E-state index contributed by atoms with van der Waals surface area (Å²) in [5.41, 5.74) is 3.62. The predicted octanol–water partition coefficient (Wildman–Crippen LogP) is 6.42. The second kappa shape index (κ2) is 11.2. The van der Waals surface area contributed by atoms with Crippen molar-refractivity contribution in [3.8, 4) is 17.2 Å². The van der Waals surface area contributed by atoms with Gasteiger partial charge in [-0.05, 0) is 48.4 Å². The number of benzene rings is 3. The van der Waals surface area contributed by atoms with Gasteiger partial charge in [0.25, 0.3) is 5.91 Å². The Balaban J connectivity index is 1.34. The van der Waals surface area contributed by atoms with E-state index < -0.39 is 5.91 Å². The molecule has 1 amide bonds. The molecule has 2 aliphatic heterocycles. The number of thioether (sulfide) groups is 1. The van der Waals surface area contributed by atoms with Crippen LogP contribution in [0.3, 0.4) is 0 Å². The highest BCUT2D eigenvalue weighted by Gasteiger charge is 2.36. The standard InChI is InChI=1S/C29H24ClN3O4S/c1-18-8-10-21(11-9-18)36-12-13-37-26-23(30)15-19(16-25(26)35-2)14-22-27(31)33-24(20-6-4-3-5-7-20)17-38-29(33)32-28(22)34/h3-11,14-17,31H,12-13H2,1-2H3. The number of methoxy groups -OCH3 is 1. The molecule has 3 aromatic carbocycles. The Labute approximate surface area is 229 Å². The number of fused-ring (bicyclic) bond motifs is 1. The van der Waals surface area contributed by atoms with Crippen molar-refractivity contribution in [2.24, 2.45) is 4.99 Å². The van der Waals surface area contributed by atoms with Crippen LogP contribution in [0.2, 0.25) is 5.02 Å². The number of amidine groups is 2. The van der Waals surface area contributed by atoms with Gasteiger partial charge in [0, 0.05) is 5.41 Å². The number of hydrogen-bond acceptors (Lipinski definition) is 6. The molecule has 0 saturated heterocycles. The number of halogens is 1. The van der Waals surface area contributed by atoms with Crippen LogP contribution in [0.15, 0.2) is 82.7 Å². The monoisotopic (exact) mass is 545 g/mol. The molecular weight excluding hydrogens is 522 g/mol. The zero-order valence-electron chi connectivity index (χ0n) is 20.7. The van der Waals surface area contributed by atoms with Gasteiger partial charge < -0.3 is 14.2 Å². The van der Waals surface area contributed by atoms with E-state index in [9.17, 15) is 4.79 Å². The third-order valence-electron chi connectivity index (χ3n) is 5.87. The van der Waals surface area contributed by atoms with E-state index in [4.69, 9.17) is 31.2 Å². The first-order valence-electron chi connectivity index (χ1n) is 11.8. The fourth-order valence-corrected chi connectivity index (χ4v) is 5.14. The Kier molecular flexibility index (Phi) is 7.53. The van der Waals surface area contributed by atoms with E-state index in [2.05, 4.69) is 4.99 Å². The number of carbonyl (C=O) groups is 1. The summed E-state index contributed by atoms with van der Waals surface area (Å²) in [5.74, 6) is 1.09. The van der Waals surface area contributed by atoms with Crippen LogP contribution < -0.4 is 14.2 Å². The molecule has 7 nitrogen and oxygen atoms in total. The number of aryl methyl sites for hydroxylation is 1. The molecule has 3 aromatic rings. The minimum Gasteiger partial charge on any atom is -0.493 e. The molecule has 0 fully saturated rings. The summed E-state index contributed by atoms with van der Waals surface area (Å²) in [7, 11) is 1.51. The summed E-state index contributed by atoms with van der Waals surface area (Å²) in [4.78, 5) is 18.7. The van der Waals surface area contributed by atoms with Crippen molar-refractivity contribution < 1.29 is 19.0 Å². The van der Waals surface area contributed by atoms with Crippen molar-refractivity contribution in [1.29, 1.82) is 5.41 Å². The molecule has 2 aliphatic rings. The van der Waals surface area contributed by atoms with Gasteiger partial charge in [-0.25, -0.2) is 0 Å². The summed E-state index contributed by atoms with van der Waals surface area (Å²) in [6.07, 6.45) is 1.59. The van der Waals surface area contributed by atoms with Gasteiger partial charge in [0.15, 0.2) is 16.7 Å². The van der Waals surface area contributed by atoms with Crippen molar-refractivity contribution >= 4 is 52.0 Å². The normalized spacial score (nSPS) is 15.8. The molecule has 0 bridgehead atoms. The molecule has 1 N–H and O–H groups in total. The average Bonchev–Trinajstić information content (AvgIpc) is 3.35. The van der Waals surface area contributed by atoms with Gasteiger partial charge in [0.05, 0.1) is 23.4 Å². The zero-order chi connectivity index (χ0) is 26.6. The van der Waals surface area contributed by atoms with Crippen molar-refractivity contribution in [3.05, 3.63) is 99.4 Å². The van der Waals surface area contributed by atoms with Crippen LogP contribution >= 0.6 is 23.4 Å². The van der Waals surface area contributed by atoms with E-state index in [1.165, 1.54) is 18.9 Å². The van der Waals surface area contributed by atoms with Gasteiger partial charge in [0.1, 0.15) is 24.8 Å². The van der Waals surface area contributed by atoms with Gasteiger partial charge in [-0.2, -0.15) is 4.99 Å². The van der Waals surface area contributed by atoms with Crippen LogP contribution in [-0.2, 0) is 4.79 Å². The van der Waals surface area contributed by atoms with Gasteiger partial charge in [-0.3, -0.25) is 15.1 Å². The number of aliphatic imine (C=N–C) groups is 1. The van der Waals surface area contributed by atoms with Crippen LogP contribution in [0, 0.1) is 12.3 Å². The Morgan fingerprint density at radius 1 is 1.05 bits per heavy atom. The maximum Gasteiger partial charge on any atom is 0.283 e. The first-order chi connectivity index (χ1) is 18.4. The molecule has 0 saturated carbocycles. The van der Waals surface area contributed by atoms with E-state index in [1.807, 2.05) is 66.9 Å². The molecule has 9 heteroatoms. The smallest absolute Gasteiger partial charge is 0.283 e. The molecule has 0 spiro atoms. The Morgan fingerprint density at radius 2 is 1.79 bits per heavy atom. The number of hydrogen-bond donors (Lipinski definition) is 1. The summed E-state index contributed by atoms with van der Waals surface area (Å²) >= 11 is 7.87. The molecule has 0 aliphatic carbocycles. The van der Waals surface area contributed by atoms with Crippen LogP contribution in [0.1, 0.15) is 16.7 Å². The van der Waals surface area contributed by atoms with Crippen molar-refractivity contribution in [2.45, 2.75) is 6.92 Å². The third kappa shape index (κ3) is 5.32. The number of carbonyl (C=O) groups excluding carboxylic acids is 1. The minimum atomic E-state index is -0.486. The molecule has 0 atom stereocenters. The highest BCUT2D eigenvalue weighted by Crippen LogP contribution is 2.39. The van der Waals surface area contributed by atoms with Crippen molar-refractivity contribution in [1.82, 2.24) is 4.90 Å². The van der Waals surface area contributed by atoms with Gasteiger partial charge in [-0.15, -0.1) is 0 Å². The number of rotatable bonds is 8. The minimum absolute atomic E-state index is 0.0452. The molecule has 0 radical (unpaired) electrons. The first-order valence-corrected chi connectivity index (χ1v) is 13.1. The van der Waals surface area contributed by atoms with Crippen LogP contribution in [0.4, 0.5) is 0 Å². The number of ether oxygens (including phenoxy) is 3. The first kappa shape index (κ1) is 25.6. The summed E-state index contributed by atoms with van der Waals surface area (Å²) in [5, 5.41) is 11.5. The largest absolute Gasteiger partial charge is 0.493 e.